The third-order valence-electron chi connectivity index (χ3n) is 6.44. The molecule has 1 saturated carbocycles. The Labute approximate surface area is 198 Å². The minimum absolute atomic E-state index is 0.0124. The number of rotatable bonds is 5. The van der Waals surface area contributed by atoms with Gasteiger partial charge in [0.2, 0.25) is 0 Å². The Bertz CT molecular complexity index is 827. The van der Waals surface area contributed by atoms with Crippen LogP contribution in [0, 0.1) is 11.8 Å². The maximum Gasteiger partial charge on any atom is 0.319 e. The molecule has 0 spiro atoms. The minimum Gasteiger partial charge on any atom is -0.491 e. The van der Waals surface area contributed by atoms with E-state index in [1.54, 1.807) is 37.3 Å². The Hall–Kier alpha value is -2.32. The average Bonchev–Trinajstić information content (AvgIpc) is 3.57. The van der Waals surface area contributed by atoms with Crippen molar-refractivity contribution in [1.29, 1.82) is 0 Å². The Balaban J connectivity index is 1.88. The van der Waals surface area contributed by atoms with E-state index in [1.165, 1.54) is 12.8 Å². The van der Waals surface area contributed by atoms with Crippen LogP contribution in [0.15, 0.2) is 18.2 Å². The topological polar surface area (TPSA) is 83.1 Å². The van der Waals surface area contributed by atoms with E-state index in [4.69, 9.17) is 9.47 Å². The summed E-state index contributed by atoms with van der Waals surface area (Å²) in [5, 5.41) is 5.61. The van der Waals surface area contributed by atoms with E-state index in [-0.39, 0.29) is 36.0 Å². The molecule has 0 bridgehead atoms. The van der Waals surface area contributed by atoms with Gasteiger partial charge in [0.15, 0.2) is 0 Å². The molecule has 8 nitrogen and oxygen atoms in total. The first-order chi connectivity index (χ1) is 15.7. The highest BCUT2D eigenvalue weighted by atomic mass is 16.5. The molecule has 3 atom stereocenters. The van der Waals surface area contributed by atoms with Crippen LogP contribution in [0.5, 0.6) is 5.75 Å². The van der Waals surface area contributed by atoms with E-state index < -0.39 is 0 Å². The SMILES string of the molecule is CO[C@@H]1CN(C)C(=O)c2cc(NC(=O)NC(C)C)ccc2OC[C@H](C)N(CC2CC2)C[C@@H]1C. The summed E-state index contributed by atoms with van der Waals surface area (Å²) in [6.07, 6.45) is 2.52. The summed E-state index contributed by atoms with van der Waals surface area (Å²) in [5.41, 5.74) is 0.980. The first kappa shape index (κ1) is 25.3. The third-order valence-corrected chi connectivity index (χ3v) is 6.44. The highest BCUT2D eigenvalue weighted by molar-refractivity contribution is 5.99. The molecule has 184 valence electrons. The highest BCUT2D eigenvalue weighted by Gasteiger charge is 2.31. The van der Waals surface area contributed by atoms with Gasteiger partial charge in [-0.15, -0.1) is 0 Å². The van der Waals surface area contributed by atoms with E-state index in [0.717, 1.165) is 19.0 Å². The molecule has 1 heterocycles. The molecule has 2 aliphatic rings. The lowest BCUT2D eigenvalue weighted by Gasteiger charge is -2.36. The van der Waals surface area contributed by atoms with Crippen LogP contribution in [0.25, 0.3) is 0 Å². The molecule has 1 aromatic rings. The number of nitrogens with zero attached hydrogens (tertiary/aromatic N) is 2. The van der Waals surface area contributed by atoms with Gasteiger partial charge in [0.1, 0.15) is 12.4 Å². The molecule has 33 heavy (non-hydrogen) atoms. The summed E-state index contributed by atoms with van der Waals surface area (Å²) >= 11 is 0. The Kier molecular flexibility index (Phi) is 8.59. The van der Waals surface area contributed by atoms with Gasteiger partial charge < -0.3 is 25.0 Å². The smallest absolute Gasteiger partial charge is 0.319 e. The predicted molar refractivity (Wildman–Crippen MR) is 130 cm³/mol. The van der Waals surface area contributed by atoms with Crippen molar-refractivity contribution >= 4 is 17.6 Å². The van der Waals surface area contributed by atoms with E-state index in [1.807, 2.05) is 13.8 Å². The van der Waals surface area contributed by atoms with Gasteiger partial charge in [0.25, 0.3) is 5.91 Å². The first-order valence-electron chi connectivity index (χ1n) is 12.0. The van der Waals surface area contributed by atoms with Gasteiger partial charge in [0.05, 0.1) is 11.7 Å². The highest BCUT2D eigenvalue weighted by Crippen LogP contribution is 2.31. The summed E-state index contributed by atoms with van der Waals surface area (Å²) < 4.78 is 12.0. The molecular weight excluding hydrogens is 420 g/mol. The van der Waals surface area contributed by atoms with Crippen LogP contribution in [0.1, 0.15) is 50.9 Å². The van der Waals surface area contributed by atoms with Crippen molar-refractivity contribution in [3.8, 4) is 5.75 Å². The van der Waals surface area contributed by atoms with Gasteiger partial charge in [-0.3, -0.25) is 9.69 Å². The van der Waals surface area contributed by atoms with Crippen LogP contribution in [-0.2, 0) is 4.74 Å². The van der Waals surface area contributed by atoms with Crippen LogP contribution in [0.2, 0.25) is 0 Å². The zero-order valence-corrected chi connectivity index (χ0v) is 20.9. The number of carbonyl (C=O) groups excluding carboxylic acids is 2. The number of likely N-dealkylation sites (N-methyl/N-ethyl adjacent to an activating group) is 1. The Morgan fingerprint density at radius 3 is 2.61 bits per heavy atom. The van der Waals surface area contributed by atoms with Crippen LogP contribution in [0.4, 0.5) is 10.5 Å². The fraction of sp³-hybridized carbons (Fsp3) is 0.680. The van der Waals surface area contributed by atoms with Gasteiger partial charge in [-0.05, 0) is 63.6 Å². The second-order valence-electron chi connectivity index (χ2n) is 9.96. The number of nitrogens with one attached hydrogen (secondary N) is 2. The van der Waals surface area contributed by atoms with E-state index in [2.05, 4.69) is 29.4 Å². The van der Waals surface area contributed by atoms with E-state index in [9.17, 15) is 9.59 Å². The summed E-state index contributed by atoms with van der Waals surface area (Å²) in [4.78, 5) is 29.7. The van der Waals surface area contributed by atoms with Crippen molar-refractivity contribution < 1.29 is 19.1 Å². The normalized spacial score (nSPS) is 25.0. The maximum absolute atomic E-state index is 13.4. The molecule has 1 aromatic carbocycles. The van der Waals surface area contributed by atoms with Crippen LogP contribution in [-0.4, -0.2) is 80.3 Å². The average molecular weight is 461 g/mol. The number of fused-ring (bicyclic) bond motifs is 1. The Morgan fingerprint density at radius 1 is 1.24 bits per heavy atom. The molecule has 0 aromatic heterocycles. The lowest BCUT2D eigenvalue weighted by molar-refractivity contribution is 0.00994. The number of hydrogen-bond acceptors (Lipinski definition) is 5. The molecule has 0 radical (unpaired) electrons. The first-order valence-corrected chi connectivity index (χ1v) is 12.0. The van der Waals surface area contributed by atoms with Gasteiger partial charge in [0, 0.05) is 51.6 Å². The van der Waals surface area contributed by atoms with E-state index >= 15 is 0 Å². The predicted octanol–water partition coefficient (Wildman–Crippen LogP) is 3.43. The van der Waals surface area contributed by atoms with Gasteiger partial charge in [-0.25, -0.2) is 4.79 Å². The number of urea groups is 1. The molecule has 3 rings (SSSR count). The number of anilines is 1. The monoisotopic (exact) mass is 460 g/mol. The molecular formula is C25H40N4O4. The van der Waals surface area contributed by atoms with E-state index in [0.29, 0.717) is 30.2 Å². The zero-order valence-electron chi connectivity index (χ0n) is 20.9. The summed E-state index contributed by atoms with van der Waals surface area (Å²) in [7, 11) is 3.50. The summed E-state index contributed by atoms with van der Waals surface area (Å²) in [5.74, 6) is 1.41. The fourth-order valence-corrected chi connectivity index (χ4v) is 4.25. The quantitative estimate of drug-likeness (QED) is 0.703. The number of methoxy groups -OCH3 is 1. The van der Waals surface area contributed by atoms with Crippen molar-refractivity contribution in [2.45, 2.75) is 58.7 Å². The van der Waals surface area contributed by atoms with Crippen molar-refractivity contribution in [3.63, 3.8) is 0 Å². The third kappa shape index (κ3) is 7.08. The zero-order chi connectivity index (χ0) is 24.1. The molecule has 0 saturated heterocycles. The van der Waals surface area contributed by atoms with Crippen molar-refractivity contribution in [2.75, 3.05) is 45.7 Å². The van der Waals surface area contributed by atoms with Crippen molar-refractivity contribution in [2.24, 2.45) is 11.8 Å². The number of amides is 3. The van der Waals surface area contributed by atoms with Gasteiger partial charge in [-0.1, -0.05) is 6.92 Å². The number of benzene rings is 1. The standard InChI is InChI=1S/C25H40N4O4/c1-16(2)26-25(31)27-20-9-10-22-21(11-20)24(30)28(5)14-23(32-6)17(3)12-29(13-19-7-8-19)18(4)15-33-22/h9-11,16-19,23H,7-8,12-15H2,1-6H3,(H2,26,27,31)/t17-,18-,23+/m0/s1. The second-order valence-corrected chi connectivity index (χ2v) is 9.96. The number of hydrogen-bond donors (Lipinski definition) is 2. The lowest BCUT2D eigenvalue weighted by Crippen LogP contribution is -2.47. The second kappa shape index (κ2) is 11.2. The molecule has 3 amide bonds. The summed E-state index contributed by atoms with van der Waals surface area (Å²) in [6, 6.07) is 5.14. The molecule has 1 aliphatic carbocycles. The molecule has 2 N–H and O–H groups in total. The summed E-state index contributed by atoms with van der Waals surface area (Å²) in [6.45, 7) is 11.1. The number of carbonyl (C=O) groups is 2. The molecule has 8 heteroatoms. The number of ether oxygens (including phenoxy) is 2. The van der Waals surface area contributed by atoms with Crippen molar-refractivity contribution in [1.82, 2.24) is 15.1 Å². The minimum atomic E-state index is -0.308. The van der Waals surface area contributed by atoms with Crippen LogP contribution < -0.4 is 15.4 Å². The van der Waals surface area contributed by atoms with Gasteiger partial charge >= 0.3 is 6.03 Å². The van der Waals surface area contributed by atoms with Gasteiger partial charge in [-0.2, -0.15) is 0 Å². The van der Waals surface area contributed by atoms with Crippen molar-refractivity contribution in [3.05, 3.63) is 23.8 Å². The lowest BCUT2D eigenvalue weighted by atomic mass is 10.0. The largest absolute Gasteiger partial charge is 0.491 e. The molecule has 0 unspecified atom stereocenters. The molecule has 1 fully saturated rings. The Morgan fingerprint density at radius 2 is 1.97 bits per heavy atom. The maximum atomic E-state index is 13.4. The molecule has 1 aliphatic heterocycles. The fourth-order valence-electron chi connectivity index (χ4n) is 4.25. The van der Waals surface area contributed by atoms with Crippen LogP contribution >= 0.6 is 0 Å². The van der Waals surface area contributed by atoms with Crippen LogP contribution in [0.3, 0.4) is 0 Å².